The minimum absolute atomic E-state index is 0.0496. The molecule has 156 valence electrons. The van der Waals surface area contributed by atoms with Crippen LogP contribution in [0.4, 0.5) is 0 Å². The van der Waals surface area contributed by atoms with E-state index in [-0.39, 0.29) is 17.9 Å². The van der Waals surface area contributed by atoms with Gasteiger partial charge in [0.2, 0.25) is 5.91 Å². The van der Waals surface area contributed by atoms with Crippen LogP contribution >= 0.6 is 0 Å². The molecule has 1 saturated carbocycles. The Bertz CT molecular complexity index is 911. The molecule has 0 bridgehead atoms. The Balaban J connectivity index is 1.64. The van der Waals surface area contributed by atoms with Gasteiger partial charge in [0.15, 0.2) is 6.10 Å². The number of carbonyl (C=O) groups is 3. The van der Waals surface area contributed by atoms with E-state index in [9.17, 15) is 14.4 Å². The molecule has 2 aromatic rings. The third-order valence-electron chi connectivity index (χ3n) is 5.68. The summed E-state index contributed by atoms with van der Waals surface area (Å²) in [6, 6.07) is 19.3. The van der Waals surface area contributed by atoms with Crippen molar-refractivity contribution in [3.63, 3.8) is 0 Å². The molecular weight excluding hydrogens is 380 g/mol. The summed E-state index contributed by atoms with van der Waals surface area (Å²) in [7, 11) is 0. The first-order valence-corrected chi connectivity index (χ1v) is 10.4. The van der Waals surface area contributed by atoms with Crippen molar-refractivity contribution in [3.05, 3.63) is 71.8 Å². The zero-order valence-corrected chi connectivity index (χ0v) is 17.0. The largest absolute Gasteiger partial charge is 0.452 e. The molecule has 1 aliphatic heterocycles. The van der Waals surface area contributed by atoms with Crippen LogP contribution in [-0.4, -0.2) is 41.4 Å². The van der Waals surface area contributed by atoms with Gasteiger partial charge in [-0.15, -0.1) is 0 Å². The number of esters is 1. The lowest BCUT2D eigenvalue weighted by Gasteiger charge is -2.26. The number of benzene rings is 2. The van der Waals surface area contributed by atoms with E-state index in [0.717, 1.165) is 24.0 Å². The second-order valence-electron chi connectivity index (χ2n) is 8.07. The summed E-state index contributed by atoms with van der Waals surface area (Å²) in [6.07, 6.45) is 0.868. The van der Waals surface area contributed by atoms with Gasteiger partial charge in [0, 0.05) is 32.0 Å². The summed E-state index contributed by atoms with van der Waals surface area (Å²) in [4.78, 5) is 39.9. The number of carbonyl (C=O) groups excluding carboxylic acids is 3. The lowest BCUT2D eigenvalue weighted by atomic mass is 9.84. The van der Waals surface area contributed by atoms with Gasteiger partial charge in [0.25, 0.3) is 5.91 Å². The molecule has 0 radical (unpaired) electrons. The monoisotopic (exact) mass is 406 g/mol. The van der Waals surface area contributed by atoms with Crippen molar-refractivity contribution in [1.82, 2.24) is 10.2 Å². The van der Waals surface area contributed by atoms with E-state index in [4.69, 9.17) is 4.74 Å². The lowest BCUT2D eigenvalue weighted by molar-refractivity contribution is -0.157. The van der Waals surface area contributed by atoms with Crippen molar-refractivity contribution in [3.8, 4) is 0 Å². The Kier molecular flexibility index (Phi) is 5.84. The van der Waals surface area contributed by atoms with Crippen molar-refractivity contribution in [2.75, 3.05) is 6.54 Å². The molecule has 0 spiro atoms. The zero-order chi connectivity index (χ0) is 21.1. The Morgan fingerprint density at radius 1 is 1.07 bits per heavy atom. The quantitative estimate of drug-likeness (QED) is 0.718. The van der Waals surface area contributed by atoms with Gasteiger partial charge in [-0.25, -0.2) is 0 Å². The molecule has 0 aromatic heterocycles. The van der Waals surface area contributed by atoms with Crippen molar-refractivity contribution >= 4 is 17.8 Å². The molecule has 2 amide bonds. The fourth-order valence-corrected chi connectivity index (χ4v) is 4.12. The Morgan fingerprint density at radius 2 is 1.70 bits per heavy atom. The third kappa shape index (κ3) is 4.53. The van der Waals surface area contributed by atoms with Gasteiger partial charge in [-0.2, -0.15) is 0 Å². The molecule has 6 heteroatoms. The maximum Gasteiger partial charge on any atom is 0.303 e. The molecule has 1 saturated heterocycles. The summed E-state index contributed by atoms with van der Waals surface area (Å²) in [6.45, 7) is 2.10. The molecule has 2 fully saturated rings. The average Bonchev–Trinajstić information content (AvgIpc) is 3.50. The lowest BCUT2D eigenvalue weighted by Crippen LogP contribution is -2.45. The first kappa shape index (κ1) is 20.1. The standard InChI is InChI=1S/C24H26N2O4/c1-16(27)30-22(23(28)25-19-12-13-19)20-15-26(14-17-8-4-2-5-9-17)24(29)21(20)18-10-6-3-7-11-18/h2-11,19-22H,12-15H2,1H3,(H,25,28)/t20-,21+,22?/m0/s1. The Morgan fingerprint density at radius 3 is 2.30 bits per heavy atom. The Labute approximate surface area is 176 Å². The van der Waals surface area contributed by atoms with E-state index >= 15 is 0 Å². The number of ether oxygens (including phenoxy) is 1. The molecule has 1 aliphatic carbocycles. The smallest absolute Gasteiger partial charge is 0.303 e. The molecule has 1 unspecified atom stereocenters. The van der Waals surface area contributed by atoms with Crippen LogP contribution in [0.5, 0.6) is 0 Å². The van der Waals surface area contributed by atoms with Gasteiger partial charge in [-0.05, 0) is 24.0 Å². The minimum Gasteiger partial charge on any atom is -0.452 e. The number of amides is 2. The van der Waals surface area contributed by atoms with Crippen molar-refractivity contribution in [2.45, 2.75) is 44.4 Å². The number of likely N-dealkylation sites (tertiary alicyclic amines) is 1. The maximum absolute atomic E-state index is 13.4. The van der Waals surface area contributed by atoms with Gasteiger partial charge >= 0.3 is 5.97 Å². The third-order valence-corrected chi connectivity index (χ3v) is 5.68. The van der Waals surface area contributed by atoms with Crippen molar-refractivity contribution < 1.29 is 19.1 Å². The highest BCUT2D eigenvalue weighted by atomic mass is 16.5. The second kappa shape index (κ2) is 8.69. The topological polar surface area (TPSA) is 75.7 Å². The average molecular weight is 406 g/mol. The zero-order valence-electron chi connectivity index (χ0n) is 17.0. The highest BCUT2D eigenvalue weighted by molar-refractivity contribution is 5.90. The van der Waals surface area contributed by atoms with Crippen LogP contribution in [0.25, 0.3) is 0 Å². The summed E-state index contributed by atoms with van der Waals surface area (Å²) < 4.78 is 5.49. The summed E-state index contributed by atoms with van der Waals surface area (Å²) >= 11 is 0. The summed E-state index contributed by atoms with van der Waals surface area (Å²) in [5, 5.41) is 2.94. The predicted octanol–water partition coefficient (Wildman–Crippen LogP) is 2.64. The number of nitrogens with one attached hydrogen (secondary N) is 1. The first-order valence-electron chi connectivity index (χ1n) is 10.4. The number of hydrogen-bond acceptors (Lipinski definition) is 4. The molecule has 4 rings (SSSR count). The van der Waals surface area contributed by atoms with Crippen LogP contribution in [0, 0.1) is 5.92 Å². The molecule has 2 aromatic carbocycles. The fourth-order valence-electron chi connectivity index (χ4n) is 4.12. The van der Waals surface area contributed by atoms with E-state index in [1.54, 1.807) is 4.90 Å². The molecule has 3 atom stereocenters. The fraction of sp³-hybridized carbons (Fsp3) is 0.375. The van der Waals surface area contributed by atoms with Crippen LogP contribution in [0.3, 0.4) is 0 Å². The summed E-state index contributed by atoms with van der Waals surface area (Å²) in [5.74, 6) is -1.87. The van der Waals surface area contributed by atoms with Gasteiger partial charge in [0.1, 0.15) is 0 Å². The van der Waals surface area contributed by atoms with Crippen LogP contribution in [0.2, 0.25) is 0 Å². The number of rotatable bonds is 7. The van der Waals surface area contributed by atoms with Crippen molar-refractivity contribution in [2.24, 2.45) is 5.92 Å². The highest BCUT2D eigenvalue weighted by Gasteiger charge is 2.49. The van der Waals surface area contributed by atoms with Crippen LogP contribution < -0.4 is 5.32 Å². The SMILES string of the molecule is CC(=O)OC(C(=O)NC1CC1)[C@H]1CN(Cc2ccccc2)C(=O)[C@@H]1c1ccccc1. The van der Waals surface area contributed by atoms with E-state index in [0.29, 0.717) is 13.1 Å². The molecule has 30 heavy (non-hydrogen) atoms. The Hall–Kier alpha value is -3.15. The van der Waals surface area contributed by atoms with Gasteiger partial charge in [-0.1, -0.05) is 60.7 Å². The molecule has 1 heterocycles. The van der Waals surface area contributed by atoms with Crippen LogP contribution in [-0.2, 0) is 25.7 Å². The molecule has 1 N–H and O–H groups in total. The molecular formula is C24H26N2O4. The van der Waals surface area contributed by atoms with E-state index in [1.807, 2.05) is 60.7 Å². The number of hydrogen-bond donors (Lipinski definition) is 1. The molecule has 6 nitrogen and oxygen atoms in total. The first-order chi connectivity index (χ1) is 14.5. The minimum atomic E-state index is -1.00. The molecule has 2 aliphatic rings. The maximum atomic E-state index is 13.4. The van der Waals surface area contributed by atoms with Crippen LogP contribution in [0.1, 0.15) is 36.8 Å². The van der Waals surface area contributed by atoms with Gasteiger partial charge in [-0.3, -0.25) is 14.4 Å². The van der Waals surface area contributed by atoms with E-state index in [2.05, 4.69) is 5.32 Å². The normalized spacial score (nSPS) is 21.9. The van der Waals surface area contributed by atoms with Crippen molar-refractivity contribution in [1.29, 1.82) is 0 Å². The summed E-state index contributed by atoms with van der Waals surface area (Å²) in [5.41, 5.74) is 1.85. The van der Waals surface area contributed by atoms with Gasteiger partial charge in [0.05, 0.1) is 5.92 Å². The van der Waals surface area contributed by atoms with E-state index in [1.165, 1.54) is 6.92 Å². The highest BCUT2D eigenvalue weighted by Crippen LogP contribution is 2.38. The number of nitrogens with zero attached hydrogens (tertiary/aromatic N) is 1. The predicted molar refractivity (Wildman–Crippen MR) is 111 cm³/mol. The van der Waals surface area contributed by atoms with Gasteiger partial charge < -0.3 is 15.0 Å². The van der Waals surface area contributed by atoms with Crippen LogP contribution in [0.15, 0.2) is 60.7 Å². The van der Waals surface area contributed by atoms with E-state index < -0.39 is 23.9 Å². The second-order valence-corrected chi connectivity index (χ2v) is 8.07.